The number of aromatic nitrogens is 5. The summed E-state index contributed by atoms with van der Waals surface area (Å²) in [7, 11) is 1.64. The van der Waals surface area contributed by atoms with Gasteiger partial charge in [-0.15, -0.1) is 5.10 Å². The maximum Gasteiger partial charge on any atom is 0.343 e. The number of rotatable bonds is 10. The fraction of sp³-hybridized carbons (Fsp3) is 0.179. The summed E-state index contributed by atoms with van der Waals surface area (Å²) in [5.41, 5.74) is 2.01. The monoisotopic (exact) mass is 542 g/mol. The largest absolute Gasteiger partial charge is 0.497 e. The number of nitrogens with one attached hydrogen (secondary N) is 1. The Labute approximate surface area is 229 Å². The van der Waals surface area contributed by atoms with Crippen molar-refractivity contribution in [3.8, 4) is 17.3 Å². The van der Waals surface area contributed by atoms with Crippen molar-refractivity contribution < 1.29 is 19.0 Å². The molecule has 198 valence electrons. The topological polar surface area (TPSA) is 113 Å². The van der Waals surface area contributed by atoms with Crippen LogP contribution in [-0.2, 0) is 11.3 Å². The molecule has 5 rings (SSSR count). The summed E-state index contributed by atoms with van der Waals surface area (Å²) in [4.78, 5) is 25.9. The second-order valence-electron chi connectivity index (χ2n) is 8.23. The minimum atomic E-state index is -0.523. The third kappa shape index (κ3) is 5.78. The molecule has 39 heavy (non-hydrogen) atoms. The van der Waals surface area contributed by atoms with Gasteiger partial charge in [0.2, 0.25) is 0 Å². The first-order valence-electron chi connectivity index (χ1n) is 12.1. The molecule has 0 saturated carbocycles. The lowest BCUT2D eigenvalue weighted by Crippen LogP contribution is -2.11. The zero-order valence-corrected chi connectivity index (χ0v) is 22.4. The maximum atomic E-state index is 12.6. The zero-order chi connectivity index (χ0) is 27.2. The van der Waals surface area contributed by atoms with Crippen LogP contribution in [0.5, 0.6) is 11.5 Å². The van der Waals surface area contributed by atoms with Crippen molar-refractivity contribution in [2.75, 3.05) is 25.3 Å². The Bertz CT molecular complexity index is 1590. The van der Waals surface area contributed by atoms with Crippen molar-refractivity contribution in [3.05, 3.63) is 84.2 Å². The van der Waals surface area contributed by atoms with Gasteiger partial charge in [0, 0.05) is 17.8 Å². The number of esters is 1. The zero-order valence-electron chi connectivity index (χ0n) is 21.6. The molecule has 0 bridgehead atoms. The SMILES string of the molecule is CCOC(=O)c1cnc(SC)nc1Nc1nn(-c2ccccn2)c2ccc(OCc3ccc(OC)cc3)cc12. The summed E-state index contributed by atoms with van der Waals surface area (Å²) in [6.45, 7) is 2.36. The van der Waals surface area contributed by atoms with Crippen molar-refractivity contribution in [1.29, 1.82) is 0 Å². The molecule has 1 N–H and O–H groups in total. The Hall–Kier alpha value is -4.64. The van der Waals surface area contributed by atoms with Gasteiger partial charge in [0.15, 0.2) is 22.6 Å². The van der Waals surface area contributed by atoms with Crippen molar-refractivity contribution in [1.82, 2.24) is 24.7 Å². The highest BCUT2D eigenvalue weighted by Gasteiger charge is 2.20. The number of pyridine rings is 1. The smallest absolute Gasteiger partial charge is 0.343 e. The summed E-state index contributed by atoms with van der Waals surface area (Å²) in [5.74, 6) is 2.33. The van der Waals surface area contributed by atoms with Gasteiger partial charge in [-0.05, 0) is 61.2 Å². The molecule has 2 aromatic carbocycles. The van der Waals surface area contributed by atoms with Gasteiger partial charge >= 0.3 is 5.97 Å². The molecule has 3 aromatic heterocycles. The van der Waals surface area contributed by atoms with E-state index in [4.69, 9.17) is 19.3 Å². The predicted molar refractivity (Wildman–Crippen MR) is 149 cm³/mol. The first kappa shape index (κ1) is 26.0. The van der Waals surface area contributed by atoms with E-state index in [2.05, 4.69) is 20.3 Å². The Morgan fingerprint density at radius 3 is 2.56 bits per heavy atom. The van der Waals surface area contributed by atoms with Crippen LogP contribution in [0.25, 0.3) is 16.7 Å². The van der Waals surface area contributed by atoms with Crippen LogP contribution in [0, 0.1) is 0 Å². The molecule has 0 fully saturated rings. The van der Waals surface area contributed by atoms with Gasteiger partial charge in [-0.25, -0.2) is 24.4 Å². The second-order valence-corrected chi connectivity index (χ2v) is 9.00. The summed E-state index contributed by atoms with van der Waals surface area (Å²) in [6.07, 6.45) is 5.03. The van der Waals surface area contributed by atoms with Crippen LogP contribution >= 0.6 is 11.8 Å². The van der Waals surface area contributed by atoms with Crippen LogP contribution in [0.1, 0.15) is 22.8 Å². The Kier molecular flexibility index (Phi) is 7.88. The summed E-state index contributed by atoms with van der Waals surface area (Å²) in [6, 6.07) is 19.0. The molecule has 10 nitrogen and oxygen atoms in total. The molecule has 0 aliphatic carbocycles. The molecule has 0 amide bonds. The molecular formula is C28H26N6O4S. The first-order chi connectivity index (χ1) is 19.1. The minimum Gasteiger partial charge on any atom is -0.497 e. The Morgan fingerprint density at radius 1 is 1.03 bits per heavy atom. The number of methoxy groups -OCH3 is 1. The molecule has 0 unspecified atom stereocenters. The fourth-order valence-corrected chi connectivity index (χ4v) is 4.19. The van der Waals surface area contributed by atoms with Gasteiger partial charge in [0.1, 0.15) is 23.7 Å². The number of fused-ring (bicyclic) bond motifs is 1. The van der Waals surface area contributed by atoms with Gasteiger partial charge < -0.3 is 19.5 Å². The van der Waals surface area contributed by atoms with Gasteiger partial charge in [-0.3, -0.25) is 0 Å². The lowest BCUT2D eigenvalue weighted by atomic mass is 10.2. The number of anilines is 2. The predicted octanol–water partition coefficient (Wildman–Crippen LogP) is 5.44. The molecule has 0 radical (unpaired) electrons. The lowest BCUT2D eigenvalue weighted by Gasteiger charge is -2.10. The van der Waals surface area contributed by atoms with Crippen LogP contribution in [-0.4, -0.2) is 50.7 Å². The minimum absolute atomic E-state index is 0.210. The van der Waals surface area contributed by atoms with E-state index in [-0.39, 0.29) is 12.2 Å². The number of thioether (sulfide) groups is 1. The van der Waals surface area contributed by atoms with Gasteiger partial charge in [0.25, 0.3) is 0 Å². The Balaban J connectivity index is 1.54. The molecule has 0 spiro atoms. The molecule has 5 aromatic rings. The van der Waals surface area contributed by atoms with E-state index in [0.717, 1.165) is 22.2 Å². The normalized spacial score (nSPS) is 10.8. The van der Waals surface area contributed by atoms with Crippen LogP contribution in [0.4, 0.5) is 11.6 Å². The molecule has 11 heteroatoms. The highest BCUT2D eigenvalue weighted by atomic mass is 32.2. The van der Waals surface area contributed by atoms with Crippen LogP contribution in [0.15, 0.2) is 78.2 Å². The number of hydrogen-bond donors (Lipinski definition) is 1. The standard InChI is InChI=1S/C28H26N6O4S/c1-4-37-27(35)22-16-30-28(39-3)32-25(22)31-26-21-15-20(38-17-18-8-10-19(36-2)11-9-18)12-13-23(21)34(33-26)24-7-5-6-14-29-24/h5-16H,4,17H2,1-3H3,(H,30,31,32,33). The highest BCUT2D eigenvalue weighted by Crippen LogP contribution is 2.32. The summed E-state index contributed by atoms with van der Waals surface area (Å²) < 4.78 is 18.3. The average Bonchev–Trinajstić information content (AvgIpc) is 3.34. The van der Waals surface area contributed by atoms with E-state index >= 15 is 0 Å². The molecule has 0 saturated heterocycles. The number of carbonyl (C=O) groups is 1. The second kappa shape index (κ2) is 11.8. The van der Waals surface area contributed by atoms with Crippen molar-refractivity contribution >= 4 is 40.3 Å². The van der Waals surface area contributed by atoms with Gasteiger partial charge in [0.05, 0.1) is 19.2 Å². The third-order valence-electron chi connectivity index (χ3n) is 5.76. The molecule has 0 atom stereocenters. The van der Waals surface area contributed by atoms with Crippen LogP contribution in [0.3, 0.4) is 0 Å². The fourth-order valence-electron chi connectivity index (χ4n) is 3.85. The third-order valence-corrected chi connectivity index (χ3v) is 6.33. The molecular weight excluding hydrogens is 516 g/mol. The Morgan fingerprint density at radius 2 is 1.85 bits per heavy atom. The molecule has 3 heterocycles. The number of ether oxygens (including phenoxy) is 3. The number of hydrogen-bond acceptors (Lipinski definition) is 10. The van der Waals surface area contributed by atoms with Crippen LogP contribution < -0.4 is 14.8 Å². The number of nitrogens with zero attached hydrogens (tertiary/aromatic N) is 5. The average molecular weight is 543 g/mol. The molecule has 0 aliphatic rings. The van der Waals surface area contributed by atoms with E-state index in [1.54, 1.807) is 24.9 Å². The van der Waals surface area contributed by atoms with Gasteiger partial charge in [-0.2, -0.15) is 0 Å². The van der Waals surface area contributed by atoms with Crippen molar-refractivity contribution in [3.63, 3.8) is 0 Å². The van der Waals surface area contributed by atoms with E-state index in [0.29, 0.717) is 35.0 Å². The van der Waals surface area contributed by atoms with Crippen LogP contribution in [0.2, 0.25) is 0 Å². The number of carbonyl (C=O) groups excluding carboxylic acids is 1. The molecule has 0 aliphatic heterocycles. The lowest BCUT2D eigenvalue weighted by molar-refractivity contribution is 0.0526. The number of benzene rings is 2. The maximum absolute atomic E-state index is 12.6. The quantitative estimate of drug-likeness (QED) is 0.139. The van der Waals surface area contributed by atoms with Crippen molar-refractivity contribution in [2.45, 2.75) is 18.7 Å². The first-order valence-corrected chi connectivity index (χ1v) is 13.4. The van der Waals surface area contributed by atoms with E-state index in [1.165, 1.54) is 18.0 Å². The van der Waals surface area contributed by atoms with E-state index in [1.807, 2.05) is 66.9 Å². The van der Waals surface area contributed by atoms with E-state index in [9.17, 15) is 4.79 Å². The summed E-state index contributed by atoms with van der Waals surface area (Å²) in [5, 5.41) is 9.29. The van der Waals surface area contributed by atoms with Crippen molar-refractivity contribution in [2.24, 2.45) is 0 Å². The highest BCUT2D eigenvalue weighted by molar-refractivity contribution is 7.98. The summed E-state index contributed by atoms with van der Waals surface area (Å²) >= 11 is 1.36. The van der Waals surface area contributed by atoms with E-state index < -0.39 is 5.97 Å². The van der Waals surface area contributed by atoms with Gasteiger partial charge in [-0.1, -0.05) is 30.0 Å².